The highest BCUT2D eigenvalue weighted by molar-refractivity contribution is 5.45. The Morgan fingerprint density at radius 3 is 2.85 bits per heavy atom. The Kier molecular flexibility index (Phi) is 3.34. The monoisotopic (exact) mass is 170 g/mol. The molecule has 1 aromatic rings. The summed E-state index contributed by atoms with van der Waals surface area (Å²) in [5.41, 5.74) is 3.77. The molecule has 0 atom stereocenters. The Bertz CT molecular complexity index is 361. The molecule has 13 heavy (non-hydrogen) atoms. The minimum Gasteiger partial charge on any atom is -0.0906 e. The minimum absolute atomic E-state index is 1.06. The van der Waals surface area contributed by atoms with Gasteiger partial charge in [-0.2, -0.15) is 0 Å². The average molecular weight is 170 g/mol. The zero-order valence-corrected chi connectivity index (χ0v) is 8.22. The van der Waals surface area contributed by atoms with Crippen LogP contribution in [0.4, 0.5) is 0 Å². The molecule has 0 fully saturated rings. The third-order valence-electron chi connectivity index (χ3n) is 2.14. The van der Waals surface area contributed by atoms with Crippen LogP contribution in [0.25, 0.3) is 0 Å². The van der Waals surface area contributed by atoms with Crippen LogP contribution in [0.3, 0.4) is 0 Å². The van der Waals surface area contributed by atoms with Gasteiger partial charge in [-0.05, 0) is 36.6 Å². The van der Waals surface area contributed by atoms with Crippen LogP contribution in [0.5, 0.6) is 0 Å². The molecule has 0 aliphatic carbocycles. The summed E-state index contributed by atoms with van der Waals surface area (Å²) in [5, 5.41) is 0. The van der Waals surface area contributed by atoms with Crippen molar-refractivity contribution < 1.29 is 0 Å². The van der Waals surface area contributed by atoms with Gasteiger partial charge in [-0.1, -0.05) is 37.5 Å². The predicted molar refractivity (Wildman–Crippen MR) is 57.6 cm³/mol. The molecule has 0 heteroatoms. The molecule has 0 spiro atoms. The summed E-state index contributed by atoms with van der Waals surface area (Å²) >= 11 is 0. The fourth-order valence-corrected chi connectivity index (χ4v) is 1.33. The lowest BCUT2D eigenvalue weighted by Gasteiger charge is -2.03. The lowest BCUT2D eigenvalue weighted by molar-refractivity contribution is 1.10. The number of hydrogen-bond donors (Lipinski definition) is 0. The molecule has 0 nitrogen and oxygen atoms in total. The third kappa shape index (κ3) is 2.23. The molecule has 1 aromatic carbocycles. The summed E-state index contributed by atoms with van der Waals surface area (Å²) in [5.74, 6) is 5.94. The van der Waals surface area contributed by atoms with E-state index >= 15 is 0 Å². The standard InChI is InChI=1S/C13H14/c1-4-6-8-13-10-7-9-12(5-2)11(13)3/h4,7,9-10H,1,5H2,2-3H3. The van der Waals surface area contributed by atoms with Gasteiger partial charge in [-0.25, -0.2) is 0 Å². The molecular formula is C13H14. The van der Waals surface area contributed by atoms with Crippen molar-refractivity contribution in [3.8, 4) is 11.8 Å². The third-order valence-corrected chi connectivity index (χ3v) is 2.14. The van der Waals surface area contributed by atoms with Crippen molar-refractivity contribution in [3.63, 3.8) is 0 Å². The van der Waals surface area contributed by atoms with Crippen LogP contribution in [0, 0.1) is 18.8 Å². The number of rotatable bonds is 1. The van der Waals surface area contributed by atoms with Gasteiger partial charge in [0.05, 0.1) is 0 Å². The Balaban J connectivity index is 3.15. The molecule has 0 unspecified atom stereocenters. The van der Waals surface area contributed by atoms with Crippen LogP contribution >= 0.6 is 0 Å². The highest BCUT2D eigenvalue weighted by Crippen LogP contribution is 2.12. The van der Waals surface area contributed by atoms with Crippen LogP contribution in [0.1, 0.15) is 23.6 Å². The van der Waals surface area contributed by atoms with Crippen LogP contribution < -0.4 is 0 Å². The fourth-order valence-electron chi connectivity index (χ4n) is 1.33. The fraction of sp³-hybridized carbons (Fsp3) is 0.231. The Morgan fingerprint density at radius 2 is 2.23 bits per heavy atom. The van der Waals surface area contributed by atoms with Crippen molar-refractivity contribution in [1.29, 1.82) is 0 Å². The van der Waals surface area contributed by atoms with Crippen molar-refractivity contribution in [2.45, 2.75) is 20.3 Å². The van der Waals surface area contributed by atoms with E-state index in [-0.39, 0.29) is 0 Å². The van der Waals surface area contributed by atoms with Gasteiger partial charge in [-0.15, -0.1) is 0 Å². The largest absolute Gasteiger partial charge is 0.0906 e. The quantitative estimate of drug-likeness (QED) is 0.568. The molecule has 0 aliphatic rings. The van der Waals surface area contributed by atoms with Crippen LogP contribution in [0.15, 0.2) is 30.9 Å². The van der Waals surface area contributed by atoms with Crippen LogP contribution in [0.2, 0.25) is 0 Å². The first kappa shape index (κ1) is 9.61. The van der Waals surface area contributed by atoms with E-state index in [1.54, 1.807) is 6.08 Å². The molecule has 0 aromatic heterocycles. The van der Waals surface area contributed by atoms with Gasteiger partial charge in [0.25, 0.3) is 0 Å². The van der Waals surface area contributed by atoms with E-state index in [0.717, 1.165) is 12.0 Å². The van der Waals surface area contributed by atoms with E-state index in [1.807, 2.05) is 6.07 Å². The normalized spacial score (nSPS) is 8.77. The van der Waals surface area contributed by atoms with E-state index < -0.39 is 0 Å². The van der Waals surface area contributed by atoms with E-state index in [1.165, 1.54) is 11.1 Å². The maximum Gasteiger partial charge on any atom is 0.0280 e. The molecule has 66 valence electrons. The molecule has 0 heterocycles. The van der Waals surface area contributed by atoms with Gasteiger partial charge in [0.15, 0.2) is 0 Å². The molecule has 0 bridgehead atoms. The number of benzene rings is 1. The zero-order valence-electron chi connectivity index (χ0n) is 8.22. The summed E-state index contributed by atoms with van der Waals surface area (Å²) in [4.78, 5) is 0. The smallest absolute Gasteiger partial charge is 0.0280 e. The molecule has 0 saturated heterocycles. The summed E-state index contributed by atoms with van der Waals surface area (Å²) in [6.07, 6.45) is 2.69. The van der Waals surface area contributed by atoms with E-state index in [2.05, 4.69) is 44.4 Å². The highest BCUT2D eigenvalue weighted by atomic mass is 14.0. The second-order valence-corrected chi connectivity index (χ2v) is 2.92. The number of hydrogen-bond acceptors (Lipinski definition) is 0. The molecular weight excluding hydrogens is 156 g/mol. The van der Waals surface area contributed by atoms with Gasteiger partial charge < -0.3 is 0 Å². The summed E-state index contributed by atoms with van der Waals surface area (Å²) in [6, 6.07) is 6.25. The molecule has 0 aliphatic heterocycles. The van der Waals surface area contributed by atoms with Crippen molar-refractivity contribution >= 4 is 0 Å². The van der Waals surface area contributed by atoms with E-state index in [4.69, 9.17) is 0 Å². The Morgan fingerprint density at radius 1 is 1.46 bits per heavy atom. The minimum atomic E-state index is 1.06. The maximum absolute atomic E-state index is 3.57. The highest BCUT2D eigenvalue weighted by Gasteiger charge is 1.98. The second-order valence-electron chi connectivity index (χ2n) is 2.92. The first-order chi connectivity index (χ1) is 6.29. The molecule has 1 rings (SSSR count). The van der Waals surface area contributed by atoms with Gasteiger partial charge in [-0.3, -0.25) is 0 Å². The first-order valence-corrected chi connectivity index (χ1v) is 4.50. The summed E-state index contributed by atoms with van der Waals surface area (Å²) < 4.78 is 0. The molecule has 0 radical (unpaired) electrons. The SMILES string of the molecule is C=CC#Cc1cccc(CC)c1C. The van der Waals surface area contributed by atoms with Crippen LogP contribution in [-0.4, -0.2) is 0 Å². The first-order valence-electron chi connectivity index (χ1n) is 4.50. The summed E-state index contributed by atoms with van der Waals surface area (Å²) in [6.45, 7) is 7.85. The van der Waals surface area contributed by atoms with E-state index in [9.17, 15) is 0 Å². The molecule has 0 amide bonds. The maximum atomic E-state index is 3.57. The Labute approximate surface area is 80.3 Å². The second kappa shape index (κ2) is 4.52. The van der Waals surface area contributed by atoms with E-state index in [0.29, 0.717) is 0 Å². The van der Waals surface area contributed by atoms with Crippen LogP contribution in [-0.2, 0) is 6.42 Å². The van der Waals surface area contributed by atoms with Crippen molar-refractivity contribution in [1.82, 2.24) is 0 Å². The number of allylic oxidation sites excluding steroid dienone is 1. The average Bonchev–Trinajstić information content (AvgIpc) is 2.16. The van der Waals surface area contributed by atoms with Crippen molar-refractivity contribution in [3.05, 3.63) is 47.5 Å². The molecule has 0 N–H and O–H groups in total. The molecule has 0 saturated carbocycles. The van der Waals surface area contributed by atoms with Crippen molar-refractivity contribution in [2.24, 2.45) is 0 Å². The summed E-state index contributed by atoms with van der Waals surface area (Å²) in [7, 11) is 0. The zero-order chi connectivity index (χ0) is 9.68. The topological polar surface area (TPSA) is 0 Å². The van der Waals surface area contributed by atoms with Gasteiger partial charge >= 0.3 is 0 Å². The lowest BCUT2D eigenvalue weighted by atomic mass is 10.0. The van der Waals surface area contributed by atoms with Crippen molar-refractivity contribution in [2.75, 3.05) is 0 Å². The predicted octanol–water partition coefficient (Wildman–Crippen LogP) is 3.09. The lowest BCUT2D eigenvalue weighted by Crippen LogP contribution is -1.89. The van der Waals surface area contributed by atoms with Gasteiger partial charge in [0, 0.05) is 5.56 Å². The van der Waals surface area contributed by atoms with Gasteiger partial charge in [0.1, 0.15) is 0 Å². The Hall–Kier alpha value is -1.48. The van der Waals surface area contributed by atoms with Gasteiger partial charge in [0.2, 0.25) is 0 Å². The number of aryl methyl sites for hydroxylation is 1.